The van der Waals surface area contributed by atoms with Crippen LogP contribution < -0.4 is 4.31 Å². The van der Waals surface area contributed by atoms with Gasteiger partial charge in [-0.3, -0.25) is 0 Å². The number of anilines is 1. The number of halogens is 2. The minimum absolute atomic E-state index is 0.191. The molecule has 1 aliphatic rings. The van der Waals surface area contributed by atoms with Gasteiger partial charge in [0.05, 0.1) is 16.3 Å². The van der Waals surface area contributed by atoms with Crippen LogP contribution in [0, 0.1) is 5.82 Å². The van der Waals surface area contributed by atoms with Gasteiger partial charge in [-0.1, -0.05) is 11.6 Å². The first-order valence-electron chi connectivity index (χ1n) is 4.72. The maximum Gasteiger partial charge on any atom is 0.337 e. The zero-order valence-electron chi connectivity index (χ0n) is 8.24. The van der Waals surface area contributed by atoms with E-state index in [2.05, 4.69) is 0 Å². The second-order valence-electron chi connectivity index (χ2n) is 3.38. The van der Waals surface area contributed by atoms with Gasteiger partial charge in [-0.2, -0.15) is 0 Å². The van der Waals surface area contributed by atoms with Crippen LogP contribution in [-0.4, -0.2) is 23.4 Å². The highest BCUT2D eigenvalue weighted by Gasteiger charge is 2.20. The summed E-state index contributed by atoms with van der Waals surface area (Å²) in [6.07, 6.45) is 1.01. The molecule has 1 saturated heterocycles. The monoisotopic (exact) mass is 261 g/mol. The van der Waals surface area contributed by atoms with Gasteiger partial charge in [0.1, 0.15) is 5.82 Å². The third kappa shape index (κ3) is 2.10. The highest BCUT2D eigenvalue weighted by molar-refractivity contribution is 8.00. The number of carbonyl (C=O) groups is 1. The van der Waals surface area contributed by atoms with Crippen molar-refractivity contribution in [3.05, 3.63) is 28.5 Å². The molecule has 0 aromatic heterocycles. The molecule has 0 unspecified atom stereocenters. The third-order valence-corrected chi connectivity index (χ3v) is 3.84. The lowest BCUT2D eigenvalue weighted by Gasteiger charge is -2.17. The fourth-order valence-electron chi connectivity index (χ4n) is 1.53. The van der Waals surface area contributed by atoms with Crippen molar-refractivity contribution in [2.24, 2.45) is 0 Å². The molecule has 0 spiro atoms. The predicted octanol–water partition coefficient (Wildman–Crippen LogP) is 3.04. The minimum Gasteiger partial charge on any atom is -0.478 e. The van der Waals surface area contributed by atoms with Crippen LogP contribution >= 0.6 is 23.5 Å². The summed E-state index contributed by atoms with van der Waals surface area (Å²) in [7, 11) is 0. The van der Waals surface area contributed by atoms with Gasteiger partial charge in [-0.25, -0.2) is 9.18 Å². The second-order valence-corrected chi connectivity index (χ2v) is 4.87. The standard InChI is InChI=1S/C10H9ClFNO2S/c11-9-7(10(14)15)4-6(5-8(9)12)13-2-1-3-16-13/h4-5H,1-3H2,(H,14,15). The molecule has 86 valence electrons. The number of rotatable bonds is 2. The average Bonchev–Trinajstić information content (AvgIpc) is 2.74. The average molecular weight is 262 g/mol. The van der Waals surface area contributed by atoms with E-state index in [0.29, 0.717) is 5.69 Å². The summed E-state index contributed by atoms with van der Waals surface area (Å²) in [4.78, 5) is 10.9. The SMILES string of the molecule is O=C(O)c1cc(N2CCCS2)cc(F)c1Cl. The molecule has 1 fully saturated rings. The van der Waals surface area contributed by atoms with Gasteiger partial charge >= 0.3 is 5.97 Å². The lowest BCUT2D eigenvalue weighted by molar-refractivity contribution is 0.0696. The van der Waals surface area contributed by atoms with E-state index >= 15 is 0 Å². The Balaban J connectivity index is 2.43. The Kier molecular flexibility index (Phi) is 3.25. The van der Waals surface area contributed by atoms with Crippen LogP contribution in [0.15, 0.2) is 12.1 Å². The van der Waals surface area contributed by atoms with Gasteiger partial charge in [-0.05, 0) is 30.5 Å². The molecule has 0 amide bonds. The topological polar surface area (TPSA) is 40.5 Å². The van der Waals surface area contributed by atoms with E-state index in [1.807, 2.05) is 4.31 Å². The zero-order chi connectivity index (χ0) is 11.7. The fourth-order valence-corrected chi connectivity index (χ4v) is 2.71. The zero-order valence-corrected chi connectivity index (χ0v) is 9.82. The second kappa shape index (κ2) is 4.51. The van der Waals surface area contributed by atoms with Crippen molar-refractivity contribution in [3.8, 4) is 0 Å². The van der Waals surface area contributed by atoms with Crippen molar-refractivity contribution in [2.75, 3.05) is 16.6 Å². The normalized spacial score (nSPS) is 15.5. The Bertz CT molecular complexity index is 435. The van der Waals surface area contributed by atoms with Crippen molar-refractivity contribution < 1.29 is 14.3 Å². The molecule has 2 rings (SSSR count). The largest absolute Gasteiger partial charge is 0.478 e. The van der Waals surface area contributed by atoms with Crippen molar-refractivity contribution in [1.82, 2.24) is 0 Å². The van der Waals surface area contributed by atoms with Crippen LogP contribution in [0.1, 0.15) is 16.8 Å². The van der Waals surface area contributed by atoms with Crippen LogP contribution in [0.2, 0.25) is 5.02 Å². The maximum atomic E-state index is 13.4. The Labute approximate surface area is 101 Å². The van der Waals surface area contributed by atoms with E-state index in [9.17, 15) is 9.18 Å². The number of benzene rings is 1. The van der Waals surface area contributed by atoms with Gasteiger partial charge in [0, 0.05) is 12.3 Å². The van der Waals surface area contributed by atoms with Crippen molar-refractivity contribution in [3.63, 3.8) is 0 Å². The molecular formula is C10H9ClFNO2S. The Hall–Kier alpha value is -0.940. The lowest BCUT2D eigenvalue weighted by Crippen LogP contribution is -2.11. The maximum absolute atomic E-state index is 13.4. The quantitative estimate of drug-likeness (QED) is 0.831. The summed E-state index contributed by atoms with van der Waals surface area (Å²) < 4.78 is 15.3. The molecule has 3 nitrogen and oxygen atoms in total. The fraction of sp³-hybridized carbons (Fsp3) is 0.300. The number of nitrogens with zero attached hydrogens (tertiary/aromatic N) is 1. The van der Waals surface area contributed by atoms with Crippen LogP contribution in [0.25, 0.3) is 0 Å². The first-order valence-corrected chi connectivity index (χ1v) is 6.04. The number of hydrogen-bond acceptors (Lipinski definition) is 3. The summed E-state index contributed by atoms with van der Waals surface area (Å²) in [5.41, 5.74) is 0.367. The van der Waals surface area contributed by atoms with Gasteiger partial charge in [0.25, 0.3) is 0 Å². The van der Waals surface area contributed by atoms with E-state index in [4.69, 9.17) is 16.7 Å². The van der Waals surface area contributed by atoms with Crippen LogP contribution in [0.5, 0.6) is 0 Å². The molecule has 1 aromatic carbocycles. The molecule has 0 atom stereocenters. The molecule has 1 aliphatic heterocycles. The number of carboxylic acid groups (broad SMARTS) is 1. The van der Waals surface area contributed by atoms with E-state index in [-0.39, 0.29) is 10.6 Å². The molecule has 6 heteroatoms. The lowest BCUT2D eigenvalue weighted by atomic mass is 10.2. The highest BCUT2D eigenvalue weighted by Crippen LogP contribution is 2.32. The third-order valence-electron chi connectivity index (χ3n) is 2.28. The number of hydrogen-bond donors (Lipinski definition) is 1. The van der Waals surface area contributed by atoms with Crippen molar-refractivity contribution >= 4 is 35.2 Å². The molecule has 1 heterocycles. The van der Waals surface area contributed by atoms with Gasteiger partial charge in [0.15, 0.2) is 0 Å². The Morgan fingerprint density at radius 1 is 1.56 bits per heavy atom. The van der Waals surface area contributed by atoms with Crippen molar-refractivity contribution in [2.45, 2.75) is 6.42 Å². The summed E-state index contributed by atoms with van der Waals surface area (Å²) in [5.74, 6) is -0.939. The van der Waals surface area contributed by atoms with Gasteiger partial charge < -0.3 is 9.41 Å². The van der Waals surface area contributed by atoms with E-state index in [1.165, 1.54) is 12.1 Å². The first kappa shape index (κ1) is 11.5. The number of aromatic carboxylic acids is 1. The Morgan fingerprint density at radius 2 is 2.31 bits per heavy atom. The summed E-state index contributed by atoms with van der Waals surface area (Å²) >= 11 is 7.15. The first-order chi connectivity index (χ1) is 7.59. The Morgan fingerprint density at radius 3 is 2.88 bits per heavy atom. The molecule has 0 bridgehead atoms. The molecular weight excluding hydrogens is 253 g/mol. The van der Waals surface area contributed by atoms with Crippen LogP contribution in [0.3, 0.4) is 0 Å². The molecule has 16 heavy (non-hydrogen) atoms. The summed E-state index contributed by atoms with van der Waals surface area (Å²) in [5, 5.41) is 8.55. The van der Waals surface area contributed by atoms with Crippen LogP contribution in [-0.2, 0) is 0 Å². The van der Waals surface area contributed by atoms with E-state index < -0.39 is 11.8 Å². The minimum atomic E-state index is -1.21. The molecule has 1 aromatic rings. The van der Waals surface area contributed by atoms with Gasteiger partial charge in [0.2, 0.25) is 0 Å². The molecule has 1 N–H and O–H groups in total. The smallest absolute Gasteiger partial charge is 0.337 e. The summed E-state index contributed by atoms with van der Waals surface area (Å²) in [6.45, 7) is 0.796. The predicted molar refractivity (Wildman–Crippen MR) is 62.8 cm³/mol. The highest BCUT2D eigenvalue weighted by atomic mass is 35.5. The van der Waals surface area contributed by atoms with Crippen molar-refractivity contribution in [1.29, 1.82) is 0 Å². The number of carboxylic acids is 1. The van der Waals surface area contributed by atoms with Gasteiger partial charge in [-0.15, -0.1) is 0 Å². The van der Waals surface area contributed by atoms with Crippen LogP contribution in [0.4, 0.5) is 10.1 Å². The molecule has 0 radical (unpaired) electrons. The van der Waals surface area contributed by atoms with E-state index in [1.54, 1.807) is 11.9 Å². The summed E-state index contributed by atoms with van der Waals surface area (Å²) in [6, 6.07) is 2.68. The van der Waals surface area contributed by atoms with E-state index in [0.717, 1.165) is 18.7 Å². The molecule has 0 saturated carbocycles. The molecule has 0 aliphatic carbocycles.